The first kappa shape index (κ1) is 30.7. The third-order valence-electron chi connectivity index (χ3n) is 8.99. The van der Waals surface area contributed by atoms with Gasteiger partial charge >= 0.3 is 18.3 Å². The summed E-state index contributed by atoms with van der Waals surface area (Å²) >= 11 is 0. The monoisotopic (exact) mass is 628 g/mol. The van der Waals surface area contributed by atoms with Crippen molar-refractivity contribution in [3.8, 4) is 0 Å². The quantitative estimate of drug-likeness (QED) is 0.292. The number of amides is 3. The van der Waals surface area contributed by atoms with E-state index in [0.29, 0.717) is 56.1 Å². The van der Waals surface area contributed by atoms with Gasteiger partial charge in [-0.25, -0.2) is 14.0 Å². The zero-order valence-electron chi connectivity index (χ0n) is 25.3. The first-order valence-corrected chi connectivity index (χ1v) is 15.3. The topological polar surface area (TPSA) is 74.1 Å². The Labute approximate surface area is 258 Å². The average molecular weight is 629 g/mol. The number of hydrogen-bond acceptors (Lipinski definition) is 5. The Morgan fingerprint density at radius 1 is 1.04 bits per heavy atom. The van der Waals surface area contributed by atoms with Crippen molar-refractivity contribution in [3.05, 3.63) is 76.7 Å². The Hall–Kier alpha value is -4.29. The molecule has 0 aliphatic carbocycles. The van der Waals surface area contributed by atoms with Crippen LogP contribution in [-0.2, 0) is 30.5 Å². The molecule has 4 heterocycles. The molecule has 0 radical (unpaired) electrons. The molecule has 2 aromatic carbocycles. The Kier molecular flexibility index (Phi) is 8.36. The van der Waals surface area contributed by atoms with E-state index in [0.717, 1.165) is 18.1 Å². The molecule has 1 aromatic heterocycles. The van der Waals surface area contributed by atoms with Crippen LogP contribution < -0.4 is 9.80 Å². The number of para-hydroxylation sites is 1. The van der Waals surface area contributed by atoms with Gasteiger partial charge in [0.15, 0.2) is 5.82 Å². The van der Waals surface area contributed by atoms with E-state index in [-0.39, 0.29) is 43.2 Å². The van der Waals surface area contributed by atoms with Crippen LogP contribution in [0.2, 0.25) is 0 Å². The van der Waals surface area contributed by atoms with Gasteiger partial charge in [0.25, 0.3) is 0 Å². The van der Waals surface area contributed by atoms with Crippen molar-refractivity contribution in [1.29, 1.82) is 0 Å². The highest BCUT2D eigenvalue weighted by molar-refractivity contribution is 5.94. The molecule has 3 aliphatic heterocycles. The lowest BCUT2D eigenvalue weighted by Crippen LogP contribution is -2.54. The second-order valence-electron chi connectivity index (χ2n) is 11.8. The minimum Gasteiger partial charge on any atom is -0.450 e. The van der Waals surface area contributed by atoms with Gasteiger partial charge < -0.3 is 19.4 Å². The predicted molar refractivity (Wildman–Crippen MR) is 159 cm³/mol. The number of halogens is 4. The first-order chi connectivity index (χ1) is 21.5. The van der Waals surface area contributed by atoms with E-state index in [1.807, 2.05) is 24.1 Å². The summed E-state index contributed by atoms with van der Waals surface area (Å²) in [5, 5.41) is 4.67. The van der Waals surface area contributed by atoms with Gasteiger partial charge in [0.05, 0.1) is 43.5 Å². The van der Waals surface area contributed by atoms with Crippen molar-refractivity contribution in [3.63, 3.8) is 0 Å². The van der Waals surface area contributed by atoms with Crippen LogP contribution in [0, 0.1) is 12.7 Å². The highest BCUT2D eigenvalue weighted by atomic mass is 19.4. The molecule has 0 saturated carbocycles. The van der Waals surface area contributed by atoms with Crippen LogP contribution in [0.25, 0.3) is 0 Å². The number of rotatable bonds is 7. The summed E-state index contributed by atoms with van der Waals surface area (Å²) < 4.78 is 63.3. The molecule has 45 heavy (non-hydrogen) atoms. The van der Waals surface area contributed by atoms with Crippen molar-refractivity contribution in [2.75, 3.05) is 36.0 Å². The first-order valence-electron chi connectivity index (χ1n) is 15.3. The number of ether oxygens (including phenoxy) is 1. The fourth-order valence-electron chi connectivity index (χ4n) is 6.63. The van der Waals surface area contributed by atoms with E-state index in [1.54, 1.807) is 27.5 Å². The average Bonchev–Trinajstić information content (AvgIpc) is 3.39. The lowest BCUT2D eigenvalue weighted by molar-refractivity contribution is -0.138. The fraction of sp³-hybridized carbons (Fsp3) is 0.469. The van der Waals surface area contributed by atoms with Gasteiger partial charge in [-0.15, -0.1) is 0 Å². The van der Waals surface area contributed by atoms with Crippen molar-refractivity contribution >= 4 is 23.6 Å². The molecule has 0 spiro atoms. The summed E-state index contributed by atoms with van der Waals surface area (Å²) in [4.78, 5) is 33.1. The smallest absolute Gasteiger partial charge is 0.416 e. The SMILES string of the molecule is CCOC(=O)N1CC[C@@H]1Cn1cc2c(n1)N(Cc1ccccc1C(F)(F)F)C(=O)N(C1CCN(c3c(C)cccc3F)CC1)C2. The van der Waals surface area contributed by atoms with Crippen molar-refractivity contribution in [1.82, 2.24) is 19.6 Å². The number of hydrogen-bond donors (Lipinski definition) is 0. The molecule has 3 aromatic rings. The van der Waals surface area contributed by atoms with Crippen LogP contribution in [-0.4, -0.2) is 70.0 Å². The molecule has 6 rings (SSSR count). The molecule has 240 valence electrons. The Morgan fingerprint density at radius 3 is 2.47 bits per heavy atom. The molecule has 1 atom stereocenters. The molecule has 3 aliphatic rings. The molecule has 0 unspecified atom stereocenters. The highest BCUT2D eigenvalue weighted by Gasteiger charge is 2.41. The maximum absolute atomic E-state index is 14.7. The molecular formula is C32H36F4N6O3. The maximum Gasteiger partial charge on any atom is 0.416 e. The van der Waals surface area contributed by atoms with Crippen LogP contribution in [0.1, 0.15) is 48.4 Å². The number of carbonyl (C=O) groups is 2. The predicted octanol–water partition coefficient (Wildman–Crippen LogP) is 6.19. The van der Waals surface area contributed by atoms with Crippen molar-refractivity contribution in [2.24, 2.45) is 0 Å². The van der Waals surface area contributed by atoms with Crippen LogP contribution >= 0.6 is 0 Å². The molecule has 9 nitrogen and oxygen atoms in total. The number of anilines is 2. The highest BCUT2D eigenvalue weighted by Crippen LogP contribution is 2.37. The third kappa shape index (κ3) is 6.04. The maximum atomic E-state index is 14.7. The number of benzene rings is 2. The number of likely N-dealkylation sites (tertiary alicyclic amines) is 1. The molecule has 0 bridgehead atoms. The van der Waals surface area contributed by atoms with E-state index in [9.17, 15) is 27.2 Å². The van der Waals surface area contributed by atoms with Gasteiger partial charge in [-0.3, -0.25) is 9.58 Å². The lowest BCUT2D eigenvalue weighted by atomic mass is 10.00. The lowest BCUT2D eigenvalue weighted by Gasteiger charge is -2.43. The fourth-order valence-corrected chi connectivity index (χ4v) is 6.63. The van der Waals surface area contributed by atoms with Crippen molar-refractivity contribution in [2.45, 2.75) is 71.0 Å². The van der Waals surface area contributed by atoms with Crippen LogP contribution in [0.5, 0.6) is 0 Å². The summed E-state index contributed by atoms with van der Waals surface area (Å²) in [5.41, 5.74) is 1.28. The zero-order chi connectivity index (χ0) is 31.9. The van der Waals surface area contributed by atoms with Crippen LogP contribution in [0.4, 0.5) is 38.7 Å². The van der Waals surface area contributed by atoms with Gasteiger partial charge in [-0.2, -0.15) is 18.3 Å². The number of aromatic nitrogens is 2. The molecule has 0 N–H and O–H groups in total. The third-order valence-corrected chi connectivity index (χ3v) is 8.99. The second kappa shape index (κ2) is 12.2. The number of alkyl halides is 3. The van der Waals surface area contributed by atoms with Crippen molar-refractivity contribution < 1.29 is 31.9 Å². The summed E-state index contributed by atoms with van der Waals surface area (Å²) in [6.07, 6.45) is -1.25. The van der Waals surface area contributed by atoms with Gasteiger partial charge in [0.2, 0.25) is 0 Å². The normalized spacial score (nSPS) is 19.1. The zero-order valence-corrected chi connectivity index (χ0v) is 25.3. The van der Waals surface area contributed by atoms with E-state index < -0.39 is 23.9 Å². The molecule has 2 saturated heterocycles. The Bertz CT molecular complexity index is 1550. The summed E-state index contributed by atoms with van der Waals surface area (Å²) in [5.74, 6) is 0.0247. The Balaban J connectivity index is 1.26. The molecular weight excluding hydrogens is 592 g/mol. The number of aryl methyl sites for hydroxylation is 1. The van der Waals surface area contributed by atoms with Gasteiger partial charge in [0.1, 0.15) is 5.82 Å². The molecule has 3 amide bonds. The number of nitrogens with zero attached hydrogens (tertiary/aromatic N) is 6. The molecule has 13 heteroatoms. The Morgan fingerprint density at radius 2 is 1.80 bits per heavy atom. The minimum absolute atomic E-state index is 0.0296. The minimum atomic E-state index is -4.59. The number of urea groups is 1. The van der Waals surface area contributed by atoms with Gasteiger partial charge in [-0.1, -0.05) is 30.3 Å². The summed E-state index contributed by atoms with van der Waals surface area (Å²) in [6, 6.07) is 9.49. The standard InChI is InChI=1S/C32H36F4N6O3/c1-3-45-31(44)40-16-13-25(40)20-39-17-23-19-41(24-11-14-38(15-12-24)28-21(2)7-6-10-27(28)33)30(43)42(29(23)37-39)18-22-8-4-5-9-26(22)32(34,35)36/h4-10,17,24-25H,3,11-16,18-20H2,1-2H3/t25-/m1/s1. The molecule has 2 fully saturated rings. The number of fused-ring (bicyclic) bond motifs is 1. The van der Waals surface area contributed by atoms with Crippen LogP contribution in [0.3, 0.4) is 0 Å². The van der Waals surface area contributed by atoms with E-state index in [1.165, 1.54) is 29.2 Å². The summed E-state index contributed by atoms with van der Waals surface area (Å²) in [7, 11) is 0. The summed E-state index contributed by atoms with van der Waals surface area (Å²) in [6.45, 7) is 5.83. The number of piperidine rings is 1. The van der Waals surface area contributed by atoms with E-state index >= 15 is 0 Å². The second-order valence-corrected chi connectivity index (χ2v) is 11.8. The van der Waals surface area contributed by atoms with Gasteiger partial charge in [0, 0.05) is 37.4 Å². The van der Waals surface area contributed by atoms with Gasteiger partial charge in [-0.05, 0) is 56.4 Å². The number of carbonyl (C=O) groups excluding carboxylic acids is 2. The van der Waals surface area contributed by atoms with E-state index in [2.05, 4.69) is 5.10 Å². The van der Waals surface area contributed by atoms with Crippen LogP contribution in [0.15, 0.2) is 48.7 Å². The van der Waals surface area contributed by atoms with E-state index in [4.69, 9.17) is 4.74 Å². The largest absolute Gasteiger partial charge is 0.450 e.